The first-order valence-electron chi connectivity index (χ1n) is 27.8. The van der Waals surface area contributed by atoms with Crippen molar-refractivity contribution in [3.05, 3.63) is 24.3 Å². The van der Waals surface area contributed by atoms with E-state index in [0.29, 0.717) is 19.3 Å². The summed E-state index contributed by atoms with van der Waals surface area (Å²) in [6.07, 6.45) is 60.1. The molecule has 0 aliphatic heterocycles. The Balaban J connectivity index is 4.35. The molecular formula is C57H106O6. The van der Waals surface area contributed by atoms with Gasteiger partial charge in [0.1, 0.15) is 13.2 Å². The maximum Gasteiger partial charge on any atom is 0.306 e. The van der Waals surface area contributed by atoms with Gasteiger partial charge in [-0.1, -0.05) is 238 Å². The van der Waals surface area contributed by atoms with Crippen molar-refractivity contribution in [2.75, 3.05) is 13.2 Å². The molecule has 0 unspecified atom stereocenters. The third kappa shape index (κ3) is 50.7. The van der Waals surface area contributed by atoms with E-state index in [-0.39, 0.29) is 31.1 Å². The van der Waals surface area contributed by atoms with Crippen LogP contribution < -0.4 is 0 Å². The maximum atomic E-state index is 12.8. The number of rotatable bonds is 51. The van der Waals surface area contributed by atoms with E-state index in [2.05, 4.69) is 45.1 Å². The second-order valence-corrected chi connectivity index (χ2v) is 18.8. The van der Waals surface area contributed by atoms with E-state index in [1.807, 2.05) is 0 Å². The lowest BCUT2D eigenvalue weighted by Crippen LogP contribution is -2.30. The number of carbonyl (C=O) groups excluding carboxylic acids is 3. The molecule has 0 saturated heterocycles. The third-order valence-electron chi connectivity index (χ3n) is 12.4. The fourth-order valence-electron chi connectivity index (χ4n) is 8.20. The van der Waals surface area contributed by atoms with Crippen LogP contribution in [-0.2, 0) is 28.6 Å². The topological polar surface area (TPSA) is 78.9 Å². The lowest BCUT2D eigenvalue weighted by molar-refractivity contribution is -0.167. The minimum absolute atomic E-state index is 0.0721. The van der Waals surface area contributed by atoms with Gasteiger partial charge in [-0.15, -0.1) is 0 Å². The number of hydrogen-bond acceptors (Lipinski definition) is 6. The average molecular weight is 887 g/mol. The third-order valence-corrected chi connectivity index (χ3v) is 12.4. The van der Waals surface area contributed by atoms with Gasteiger partial charge in [0.05, 0.1) is 0 Å². The molecule has 0 aromatic rings. The fraction of sp³-hybridized carbons (Fsp3) is 0.877. The van der Waals surface area contributed by atoms with Crippen LogP contribution in [0.2, 0.25) is 0 Å². The van der Waals surface area contributed by atoms with E-state index in [9.17, 15) is 14.4 Å². The molecule has 1 atom stereocenters. The Morgan fingerprint density at radius 1 is 0.302 bits per heavy atom. The fourth-order valence-corrected chi connectivity index (χ4v) is 8.20. The van der Waals surface area contributed by atoms with Crippen LogP contribution in [0.25, 0.3) is 0 Å². The van der Waals surface area contributed by atoms with Crippen molar-refractivity contribution >= 4 is 17.9 Å². The van der Waals surface area contributed by atoms with E-state index in [4.69, 9.17) is 14.2 Å². The van der Waals surface area contributed by atoms with Gasteiger partial charge in [-0.25, -0.2) is 0 Å². The molecule has 0 saturated carbocycles. The van der Waals surface area contributed by atoms with Crippen molar-refractivity contribution in [3.8, 4) is 0 Å². The van der Waals surface area contributed by atoms with E-state index < -0.39 is 6.10 Å². The number of esters is 3. The SMILES string of the molecule is CCCCCC/C=C\CCCCCCCCCC(=O)OC[C@H](COC(=O)CCCCCCC/C=C\CCCCCCCC)OC(=O)CCCCCCCCCCCCCCCCC. The van der Waals surface area contributed by atoms with Gasteiger partial charge in [0.15, 0.2) is 6.10 Å². The molecule has 0 rings (SSSR count). The predicted molar refractivity (Wildman–Crippen MR) is 270 cm³/mol. The van der Waals surface area contributed by atoms with Gasteiger partial charge < -0.3 is 14.2 Å². The van der Waals surface area contributed by atoms with Crippen LogP contribution in [0, 0.1) is 0 Å². The van der Waals surface area contributed by atoms with Gasteiger partial charge >= 0.3 is 17.9 Å². The molecule has 0 spiro atoms. The largest absolute Gasteiger partial charge is 0.462 e. The van der Waals surface area contributed by atoms with E-state index in [1.165, 1.54) is 199 Å². The van der Waals surface area contributed by atoms with Crippen LogP contribution >= 0.6 is 0 Å². The lowest BCUT2D eigenvalue weighted by Gasteiger charge is -2.18. The normalized spacial score (nSPS) is 12.1. The first kappa shape index (κ1) is 60.9. The number of unbranched alkanes of at least 4 members (excludes halogenated alkanes) is 36. The summed E-state index contributed by atoms with van der Waals surface area (Å²) >= 11 is 0. The first-order valence-corrected chi connectivity index (χ1v) is 27.8. The summed E-state index contributed by atoms with van der Waals surface area (Å²) in [4.78, 5) is 38.1. The van der Waals surface area contributed by atoms with Crippen molar-refractivity contribution < 1.29 is 28.6 Å². The number of allylic oxidation sites excluding steroid dienone is 4. The molecule has 0 amide bonds. The minimum Gasteiger partial charge on any atom is -0.462 e. The zero-order valence-corrected chi connectivity index (χ0v) is 42.4. The molecule has 0 N–H and O–H groups in total. The van der Waals surface area contributed by atoms with Crippen LogP contribution in [0.15, 0.2) is 24.3 Å². The Morgan fingerprint density at radius 3 is 0.810 bits per heavy atom. The molecule has 0 radical (unpaired) electrons. The second-order valence-electron chi connectivity index (χ2n) is 18.8. The molecule has 0 fully saturated rings. The number of carbonyl (C=O) groups is 3. The van der Waals surface area contributed by atoms with Gasteiger partial charge in [0.2, 0.25) is 0 Å². The maximum absolute atomic E-state index is 12.8. The van der Waals surface area contributed by atoms with Gasteiger partial charge in [0.25, 0.3) is 0 Å². The van der Waals surface area contributed by atoms with Gasteiger partial charge in [-0.05, 0) is 70.6 Å². The number of hydrogen-bond donors (Lipinski definition) is 0. The molecule has 0 aromatic carbocycles. The van der Waals surface area contributed by atoms with Crippen molar-refractivity contribution in [1.82, 2.24) is 0 Å². The highest BCUT2D eigenvalue weighted by atomic mass is 16.6. The molecule has 0 aromatic heterocycles. The molecule has 63 heavy (non-hydrogen) atoms. The quantitative estimate of drug-likeness (QED) is 0.0262. The van der Waals surface area contributed by atoms with Gasteiger partial charge in [-0.3, -0.25) is 14.4 Å². The molecule has 6 nitrogen and oxygen atoms in total. The molecule has 0 aliphatic rings. The average Bonchev–Trinajstić information content (AvgIpc) is 3.28. The van der Waals surface area contributed by atoms with E-state index in [1.54, 1.807) is 0 Å². The Kier molecular flexibility index (Phi) is 50.8. The summed E-state index contributed by atoms with van der Waals surface area (Å²) < 4.78 is 16.8. The first-order chi connectivity index (χ1) is 31.0. The van der Waals surface area contributed by atoms with E-state index in [0.717, 1.165) is 64.2 Å². The van der Waals surface area contributed by atoms with Crippen molar-refractivity contribution in [2.24, 2.45) is 0 Å². The standard InChI is InChI=1S/C57H106O6/c1-4-7-10-13-16-19-22-25-28-31-34-37-40-43-46-49-55(58)61-52-54(63-57(60)51-48-45-42-39-36-33-30-27-24-21-18-15-12-9-6-3)53-62-56(59)50-47-44-41-38-35-32-29-26-23-20-17-14-11-8-5-2/h19,22,26,29,54H,4-18,20-21,23-25,27-28,30-53H2,1-3H3/b22-19-,29-26-/t54-/m1/s1. The summed E-state index contributed by atoms with van der Waals surface area (Å²) in [5.41, 5.74) is 0. The Labute approximate surface area is 392 Å². The zero-order valence-electron chi connectivity index (χ0n) is 42.4. The Morgan fingerprint density at radius 2 is 0.524 bits per heavy atom. The second kappa shape index (κ2) is 52.5. The summed E-state index contributed by atoms with van der Waals surface area (Å²) in [5.74, 6) is -0.867. The molecule has 0 heterocycles. The summed E-state index contributed by atoms with van der Waals surface area (Å²) in [5, 5.41) is 0. The highest BCUT2D eigenvalue weighted by Gasteiger charge is 2.19. The Hall–Kier alpha value is -2.11. The van der Waals surface area contributed by atoms with Crippen LogP contribution in [-0.4, -0.2) is 37.2 Å². The van der Waals surface area contributed by atoms with Crippen LogP contribution in [0.3, 0.4) is 0 Å². The lowest BCUT2D eigenvalue weighted by atomic mass is 10.0. The van der Waals surface area contributed by atoms with E-state index >= 15 is 0 Å². The van der Waals surface area contributed by atoms with Crippen molar-refractivity contribution in [1.29, 1.82) is 0 Å². The molecule has 0 aliphatic carbocycles. The smallest absolute Gasteiger partial charge is 0.306 e. The molecule has 370 valence electrons. The van der Waals surface area contributed by atoms with Crippen molar-refractivity contribution in [2.45, 2.75) is 309 Å². The van der Waals surface area contributed by atoms with Crippen molar-refractivity contribution in [3.63, 3.8) is 0 Å². The van der Waals surface area contributed by atoms with Crippen LogP contribution in [0.1, 0.15) is 303 Å². The summed E-state index contributed by atoms with van der Waals surface area (Å²) in [6.45, 7) is 6.65. The molecule has 0 bridgehead atoms. The number of ether oxygens (including phenoxy) is 3. The monoisotopic (exact) mass is 887 g/mol. The molecular weight excluding hydrogens is 781 g/mol. The predicted octanol–water partition coefficient (Wildman–Crippen LogP) is 18.3. The highest BCUT2D eigenvalue weighted by molar-refractivity contribution is 5.71. The summed E-state index contributed by atoms with van der Waals surface area (Å²) in [7, 11) is 0. The Bertz CT molecular complexity index is 1020. The highest BCUT2D eigenvalue weighted by Crippen LogP contribution is 2.16. The van der Waals surface area contributed by atoms with Crippen LogP contribution in [0.4, 0.5) is 0 Å². The van der Waals surface area contributed by atoms with Crippen LogP contribution in [0.5, 0.6) is 0 Å². The minimum atomic E-state index is -0.772. The van der Waals surface area contributed by atoms with Gasteiger partial charge in [-0.2, -0.15) is 0 Å². The zero-order chi connectivity index (χ0) is 45.8. The molecule has 6 heteroatoms. The van der Waals surface area contributed by atoms with Gasteiger partial charge in [0, 0.05) is 19.3 Å². The summed E-state index contributed by atoms with van der Waals surface area (Å²) in [6, 6.07) is 0.